The van der Waals surface area contributed by atoms with Gasteiger partial charge in [-0.05, 0) is 42.0 Å². The highest BCUT2D eigenvalue weighted by atomic mass is 19.4. The molecule has 15 heteroatoms. The molecule has 9 nitrogen and oxygen atoms in total. The third kappa shape index (κ3) is 7.21. The van der Waals surface area contributed by atoms with Gasteiger partial charge in [0, 0.05) is 38.3 Å². The molecule has 0 radical (unpaired) electrons. The van der Waals surface area contributed by atoms with Crippen molar-refractivity contribution in [3.05, 3.63) is 77.7 Å². The minimum Gasteiger partial charge on any atom is -0.484 e. The zero-order chi connectivity index (χ0) is 29.9. The van der Waals surface area contributed by atoms with Gasteiger partial charge in [-0.15, -0.1) is 0 Å². The van der Waals surface area contributed by atoms with Crippen LogP contribution in [0.2, 0.25) is 0 Å². The molecule has 1 fully saturated rings. The van der Waals surface area contributed by atoms with Gasteiger partial charge in [0.2, 0.25) is 5.82 Å². The molecule has 2 aromatic carbocycles. The Balaban J connectivity index is 1.13. The predicted octanol–water partition coefficient (Wildman–Crippen LogP) is 5.11. The van der Waals surface area contributed by atoms with E-state index in [9.17, 15) is 31.1 Å². The summed E-state index contributed by atoms with van der Waals surface area (Å²) in [5.74, 6) is -0.106. The third-order valence-corrected chi connectivity index (χ3v) is 6.38. The minimum atomic E-state index is -4.46. The van der Waals surface area contributed by atoms with Gasteiger partial charge in [-0.1, -0.05) is 17.3 Å². The minimum absolute atomic E-state index is 0.00396. The highest BCUT2D eigenvalue weighted by molar-refractivity contribution is 5.92. The number of nitrogens with zero attached hydrogens (tertiary/aromatic N) is 6. The predicted molar refractivity (Wildman–Crippen MR) is 135 cm³/mol. The van der Waals surface area contributed by atoms with E-state index in [1.165, 1.54) is 36.7 Å². The summed E-state index contributed by atoms with van der Waals surface area (Å²) in [7, 11) is 0. The fraction of sp³-hybridized carbons (Fsp3) is 0.296. The van der Waals surface area contributed by atoms with E-state index in [0.29, 0.717) is 38.3 Å². The van der Waals surface area contributed by atoms with Gasteiger partial charge in [-0.25, -0.2) is 9.97 Å². The molecule has 42 heavy (non-hydrogen) atoms. The number of hydrogen-bond donors (Lipinski definition) is 0. The number of piperazine rings is 1. The number of halogens is 6. The van der Waals surface area contributed by atoms with Crippen molar-refractivity contribution in [2.75, 3.05) is 32.8 Å². The van der Waals surface area contributed by atoms with Gasteiger partial charge >= 0.3 is 12.4 Å². The number of alkyl halides is 6. The van der Waals surface area contributed by atoms with Crippen LogP contribution >= 0.6 is 0 Å². The Bertz CT molecular complexity index is 1500. The van der Waals surface area contributed by atoms with Gasteiger partial charge in [0.25, 0.3) is 11.8 Å². The maximum absolute atomic E-state index is 13.0. The van der Waals surface area contributed by atoms with Gasteiger partial charge in [0.1, 0.15) is 17.1 Å². The van der Waals surface area contributed by atoms with E-state index in [4.69, 9.17) is 9.26 Å². The van der Waals surface area contributed by atoms with Gasteiger partial charge in [-0.2, -0.15) is 31.3 Å². The largest absolute Gasteiger partial charge is 0.484 e. The van der Waals surface area contributed by atoms with Crippen molar-refractivity contribution in [2.24, 2.45) is 0 Å². The lowest BCUT2D eigenvalue weighted by Crippen LogP contribution is -2.48. The Hall–Kier alpha value is -4.53. The first-order valence-corrected chi connectivity index (χ1v) is 12.6. The summed E-state index contributed by atoms with van der Waals surface area (Å²) in [5, 5.41) is 3.80. The van der Waals surface area contributed by atoms with Crippen LogP contribution in [0, 0.1) is 0 Å². The van der Waals surface area contributed by atoms with Crippen molar-refractivity contribution in [3.8, 4) is 28.7 Å². The van der Waals surface area contributed by atoms with Crippen LogP contribution in [0.5, 0.6) is 5.75 Å². The molecule has 1 saturated heterocycles. The normalized spacial score (nSPS) is 14.7. The number of rotatable bonds is 7. The van der Waals surface area contributed by atoms with E-state index in [2.05, 4.69) is 25.0 Å². The van der Waals surface area contributed by atoms with E-state index >= 15 is 0 Å². The fourth-order valence-electron chi connectivity index (χ4n) is 4.19. The first-order chi connectivity index (χ1) is 19.9. The summed E-state index contributed by atoms with van der Waals surface area (Å²) in [6.07, 6.45) is -6.26. The molecule has 1 amide bonds. The summed E-state index contributed by atoms with van der Waals surface area (Å²) in [6.45, 7) is 1.26. The number of carbonyl (C=O) groups is 1. The molecule has 0 saturated carbocycles. The van der Waals surface area contributed by atoms with E-state index in [1.807, 2.05) is 0 Å². The van der Waals surface area contributed by atoms with Crippen molar-refractivity contribution >= 4 is 5.91 Å². The molecule has 0 spiro atoms. The fourth-order valence-corrected chi connectivity index (χ4v) is 4.19. The summed E-state index contributed by atoms with van der Waals surface area (Å²) in [5.41, 5.74) is 0.733. The smallest absolute Gasteiger partial charge is 0.422 e. The Kier molecular flexibility index (Phi) is 8.11. The van der Waals surface area contributed by atoms with E-state index < -0.39 is 24.5 Å². The molecule has 220 valence electrons. The van der Waals surface area contributed by atoms with Crippen LogP contribution in [0.25, 0.3) is 23.0 Å². The molecule has 2 aromatic heterocycles. The second-order valence-electron chi connectivity index (χ2n) is 9.40. The maximum atomic E-state index is 13.0. The van der Waals surface area contributed by atoms with E-state index in [1.54, 1.807) is 17.0 Å². The zero-order valence-corrected chi connectivity index (χ0v) is 21.7. The van der Waals surface area contributed by atoms with Crippen LogP contribution in [-0.4, -0.2) is 74.8 Å². The van der Waals surface area contributed by atoms with Crippen molar-refractivity contribution < 1.29 is 40.4 Å². The van der Waals surface area contributed by atoms with Crippen molar-refractivity contribution in [2.45, 2.75) is 18.9 Å². The molecule has 0 aliphatic carbocycles. The van der Waals surface area contributed by atoms with Crippen molar-refractivity contribution in [1.82, 2.24) is 29.9 Å². The lowest BCUT2D eigenvalue weighted by atomic mass is 10.1. The number of aromatic nitrogens is 4. The lowest BCUT2D eigenvalue weighted by Gasteiger charge is -2.34. The average molecular weight is 593 g/mol. The second kappa shape index (κ2) is 11.8. The van der Waals surface area contributed by atoms with Crippen molar-refractivity contribution in [3.63, 3.8) is 0 Å². The average Bonchev–Trinajstić information content (AvgIpc) is 3.47. The first kappa shape index (κ1) is 29.0. The van der Waals surface area contributed by atoms with Gasteiger partial charge in [0.05, 0.1) is 18.0 Å². The summed E-state index contributed by atoms with van der Waals surface area (Å²) in [6, 6.07) is 10.7. The highest BCUT2D eigenvalue weighted by Crippen LogP contribution is 2.31. The lowest BCUT2D eigenvalue weighted by molar-refractivity contribution is -0.153. The standard InChI is InChI=1S/C27H22F6N6O3/c28-26(29,30)16-41-20-7-1-17(2-8-20)15-38-9-11-39(12-10-38)25(40)22-14-34-21(13-35-22)23-36-24(42-37-23)18-3-5-19(6-4-18)27(31,32)33/h1-8,13-14H,9-12,15-16H2. The second-order valence-corrected chi connectivity index (χ2v) is 9.40. The van der Waals surface area contributed by atoms with Crippen molar-refractivity contribution in [1.29, 1.82) is 0 Å². The molecule has 5 rings (SSSR count). The number of amides is 1. The quantitative estimate of drug-likeness (QED) is 0.273. The summed E-state index contributed by atoms with van der Waals surface area (Å²) < 4.78 is 85.1. The molecule has 4 aromatic rings. The molecular formula is C27H22F6N6O3. The number of ether oxygens (including phenoxy) is 1. The highest BCUT2D eigenvalue weighted by Gasteiger charge is 2.30. The van der Waals surface area contributed by atoms with Crippen LogP contribution in [0.4, 0.5) is 26.3 Å². The maximum Gasteiger partial charge on any atom is 0.422 e. The van der Waals surface area contributed by atoms with Crippen LogP contribution in [0.3, 0.4) is 0 Å². The van der Waals surface area contributed by atoms with Gasteiger partial charge < -0.3 is 14.2 Å². The van der Waals surface area contributed by atoms with Crippen LogP contribution in [0.1, 0.15) is 21.6 Å². The molecular weight excluding hydrogens is 570 g/mol. The Morgan fingerprint density at radius 2 is 1.57 bits per heavy atom. The summed E-state index contributed by atoms with van der Waals surface area (Å²) in [4.78, 5) is 29.2. The molecule has 0 atom stereocenters. The monoisotopic (exact) mass is 592 g/mol. The third-order valence-electron chi connectivity index (χ3n) is 6.38. The molecule has 1 aliphatic rings. The van der Waals surface area contributed by atoms with Crippen LogP contribution in [-0.2, 0) is 12.7 Å². The van der Waals surface area contributed by atoms with Gasteiger partial charge in [0.15, 0.2) is 6.61 Å². The molecule has 0 N–H and O–H groups in total. The Labute approximate surface area is 234 Å². The van der Waals surface area contributed by atoms with Gasteiger partial charge in [-0.3, -0.25) is 9.69 Å². The molecule has 0 bridgehead atoms. The van der Waals surface area contributed by atoms with Crippen LogP contribution < -0.4 is 4.74 Å². The number of benzene rings is 2. The Morgan fingerprint density at radius 3 is 2.17 bits per heavy atom. The van der Waals surface area contributed by atoms with Crippen LogP contribution in [0.15, 0.2) is 65.4 Å². The van der Waals surface area contributed by atoms with E-state index in [0.717, 1.165) is 17.7 Å². The SMILES string of the molecule is O=C(c1cnc(-c2noc(-c3ccc(C(F)(F)F)cc3)n2)cn1)N1CCN(Cc2ccc(OCC(F)(F)F)cc2)CC1. The topological polar surface area (TPSA) is 97.5 Å². The molecule has 1 aliphatic heterocycles. The molecule has 0 unspecified atom stereocenters. The Morgan fingerprint density at radius 1 is 0.881 bits per heavy atom. The molecule has 3 heterocycles. The summed E-state index contributed by atoms with van der Waals surface area (Å²) >= 11 is 0. The number of hydrogen-bond acceptors (Lipinski definition) is 8. The first-order valence-electron chi connectivity index (χ1n) is 12.6. The van der Waals surface area contributed by atoms with E-state index in [-0.39, 0.29) is 34.8 Å². The number of carbonyl (C=O) groups excluding carboxylic acids is 1. The zero-order valence-electron chi connectivity index (χ0n) is 21.7.